The molecule has 0 amide bonds. The lowest BCUT2D eigenvalue weighted by Gasteiger charge is -2.33. The molecular formula is C20H22FN3O. The summed E-state index contributed by atoms with van der Waals surface area (Å²) in [7, 11) is 2.00. The third kappa shape index (κ3) is 3.43. The first kappa shape index (κ1) is 16.2. The molecule has 5 heteroatoms. The molecule has 0 unspecified atom stereocenters. The molecule has 1 aliphatic heterocycles. The van der Waals surface area contributed by atoms with Gasteiger partial charge >= 0.3 is 0 Å². The van der Waals surface area contributed by atoms with E-state index in [1.165, 1.54) is 0 Å². The summed E-state index contributed by atoms with van der Waals surface area (Å²) in [5.41, 5.74) is 5.24. The normalized spacial score (nSPS) is 18.8. The van der Waals surface area contributed by atoms with Gasteiger partial charge in [-0.2, -0.15) is 0 Å². The molecule has 1 fully saturated rings. The summed E-state index contributed by atoms with van der Waals surface area (Å²) in [4.78, 5) is 6.70. The van der Waals surface area contributed by atoms with Crippen LogP contribution < -0.4 is 0 Å². The van der Waals surface area contributed by atoms with E-state index in [2.05, 4.69) is 28.1 Å². The highest BCUT2D eigenvalue weighted by atomic mass is 19.1. The summed E-state index contributed by atoms with van der Waals surface area (Å²) >= 11 is 0. The van der Waals surface area contributed by atoms with Crippen molar-refractivity contribution in [2.45, 2.75) is 19.6 Å². The van der Waals surface area contributed by atoms with Gasteiger partial charge in [-0.3, -0.25) is 4.90 Å². The number of rotatable bonds is 3. The molecule has 4 rings (SSSR count). The second-order valence-corrected chi connectivity index (χ2v) is 6.84. The topological polar surface area (TPSA) is 30.3 Å². The van der Waals surface area contributed by atoms with E-state index in [0.29, 0.717) is 6.61 Å². The minimum Gasteiger partial charge on any atom is -0.371 e. The Morgan fingerprint density at radius 2 is 2.12 bits per heavy atom. The highest BCUT2D eigenvalue weighted by molar-refractivity contribution is 5.76. The number of ether oxygens (including phenoxy) is 1. The lowest BCUT2D eigenvalue weighted by atomic mass is 10.1. The first-order valence-corrected chi connectivity index (χ1v) is 8.59. The maximum absolute atomic E-state index is 13.6. The summed E-state index contributed by atoms with van der Waals surface area (Å²) in [6.07, 6.45) is 1.86. The van der Waals surface area contributed by atoms with Crippen LogP contribution in [0.3, 0.4) is 0 Å². The molecule has 1 saturated heterocycles. The van der Waals surface area contributed by atoms with Crippen molar-refractivity contribution in [2.24, 2.45) is 7.05 Å². The van der Waals surface area contributed by atoms with Gasteiger partial charge in [-0.05, 0) is 47.9 Å². The molecule has 0 saturated carbocycles. The van der Waals surface area contributed by atoms with Crippen LogP contribution in [-0.4, -0.2) is 34.1 Å². The predicted octanol–water partition coefficient (Wildman–Crippen LogP) is 3.59. The summed E-state index contributed by atoms with van der Waals surface area (Å²) < 4.78 is 21.7. The van der Waals surface area contributed by atoms with Crippen molar-refractivity contribution >= 4 is 11.0 Å². The molecule has 25 heavy (non-hydrogen) atoms. The maximum Gasteiger partial charge on any atom is 0.123 e. The number of aryl methyl sites for hydroxylation is 2. The number of hydrogen-bond acceptors (Lipinski definition) is 3. The van der Waals surface area contributed by atoms with E-state index in [4.69, 9.17) is 4.74 Å². The number of halogens is 1. The summed E-state index contributed by atoms with van der Waals surface area (Å²) in [6, 6.07) is 11.5. The molecule has 1 atom stereocenters. The van der Waals surface area contributed by atoms with Crippen molar-refractivity contribution in [1.82, 2.24) is 14.5 Å². The van der Waals surface area contributed by atoms with Crippen LogP contribution in [0.4, 0.5) is 4.39 Å². The minimum atomic E-state index is -0.165. The standard InChI is InChI=1S/C20H22FN3O/c1-14-7-15(9-17(21)8-14)11-24-5-6-25-20(12-24)16-3-4-18-19(10-16)23(2)13-22-18/h3-4,7-10,13,20H,5-6,11-12H2,1-2H3/t20-/m1/s1. The van der Waals surface area contributed by atoms with Crippen LogP contribution in [0.25, 0.3) is 11.0 Å². The van der Waals surface area contributed by atoms with Crippen LogP contribution in [0.2, 0.25) is 0 Å². The summed E-state index contributed by atoms with van der Waals surface area (Å²) in [5.74, 6) is -0.165. The molecule has 130 valence electrons. The fourth-order valence-electron chi connectivity index (χ4n) is 3.55. The van der Waals surface area contributed by atoms with Crippen molar-refractivity contribution in [3.05, 3.63) is 65.2 Å². The van der Waals surface area contributed by atoms with Crippen LogP contribution in [0.1, 0.15) is 22.8 Å². The monoisotopic (exact) mass is 339 g/mol. The number of morpholine rings is 1. The fraction of sp³-hybridized carbons (Fsp3) is 0.350. The largest absolute Gasteiger partial charge is 0.371 e. The first-order chi connectivity index (χ1) is 12.1. The van der Waals surface area contributed by atoms with Gasteiger partial charge in [0, 0.05) is 26.7 Å². The highest BCUT2D eigenvalue weighted by Crippen LogP contribution is 2.26. The number of aromatic nitrogens is 2. The lowest BCUT2D eigenvalue weighted by molar-refractivity contribution is -0.0329. The number of imidazole rings is 1. The van der Waals surface area contributed by atoms with Gasteiger partial charge in [0.15, 0.2) is 0 Å². The first-order valence-electron chi connectivity index (χ1n) is 8.59. The Balaban J connectivity index is 1.52. The molecule has 0 N–H and O–H groups in total. The quantitative estimate of drug-likeness (QED) is 0.730. The Kier molecular flexibility index (Phi) is 4.27. The van der Waals surface area contributed by atoms with Crippen LogP contribution in [0, 0.1) is 12.7 Å². The third-order valence-corrected chi connectivity index (χ3v) is 4.78. The fourth-order valence-corrected chi connectivity index (χ4v) is 3.55. The van der Waals surface area contributed by atoms with Crippen LogP contribution in [0.5, 0.6) is 0 Å². The van der Waals surface area contributed by atoms with Gasteiger partial charge in [0.2, 0.25) is 0 Å². The van der Waals surface area contributed by atoms with Gasteiger partial charge in [-0.25, -0.2) is 9.37 Å². The maximum atomic E-state index is 13.6. The zero-order valence-corrected chi connectivity index (χ0v) is 14.6. The van der Waals surface area contributed by atoms with Gasteiger partial charge in [-0.15, -0.1) is 0 Å². The van der Waals surface area contributed by atoms with Crippen molar-refractivity contribution < 1.29 is 9.13 Å². The van der Waals surface area contributed by atoms with Crippen LogP contribution in [-0.2, 0) is 18.3 Å². The van der Waals surface area contributed by atoms with E-state index in [1.807, 2.05) is 30.9 Å². The lowest BCUT2D eigenvalue weighted by Crippen LogP contribution is -2.37. The molecule has 0 radical (unpaired) electrons. The van der Waals surface area contributed by atoms with Crippen molar-refractivity contribution in [1.29, 1.82) is 0 Å². The molecule has 0 bridgehead atoms. The zero-order valence-electron chi connectivity index (χ0n) is 14.6. The average Bonchev–Trinajstić information content (AvgIpc) is 2.95. The Labute approximate surface area is 146 Å². The molecular weight excluding hydrogens is 317 g/mol. The smallest absolute Gasteiger partial charge is 0.123 e. The van der Waals surface area contributed by atoms with E-state index in [-0.39, 0.29) is 11.9 Å². The van der Waals surface area contributed by atoms with Gasteiger partial charge in [0.05, 0.1) is 30.1 Å². The predicted molar refractivity (Wildman–Crippen MR) is 95.8 cm³/mol. The van der Waals surface area contributed by atoms with Crippen LogP contribution >= 0.6 is 0 Å². The molecule has 1 aromatic heterocycles. The SMILES string of the molecule is Cc1cc(F)cc(CN2CCO[C@@H](c3ccc4ncn(C)c4c3)C2)c1. The Bertz CT molecular complexity index is 885. The number of hydrogen-bond donors (Lipinski definition) is 0. The Hall–Kier alpha value is -2.24. The number of benzene rings is 2. The van der Waals surface area contributed by atoms with Gasteiger partial charge in [0.1, 0.15) is 5.82 Å². The third-order valence-electron chi connectivity index (χ3n) is 4.78. The molecule has 3 aromatic rings. The minimum absolute atomic E-state index is 0.0303. The van der Waals surface area contributed by atoms with E-state index in [9.17, 15) is 4.39 Å². The zero-order chi connectivity index (χ0) is 17.4. The molecule has 1 aliphatic rings. The Morgan fingerprint density at radius 3 is 2.96 bits per heavy atom. The van der Waals surface area contributed by atoms with Crippen molar-refractivity contribution in [3.8, 4) is 0 Å². The Morgan fingerprint density at radius 1 is 1.24 bits per heavy atom. The molecule has 0 spiro atoms. The van der Waals surface area contributed by atoms with Crippen LogP contribution in [0.15, 0.2) is 42.7 Å². The van der Waals surface area contributed by atoms with Gasteiger partial charge in [-0.1, -0.05) is 12.1 Å². The second kappa shape index (κ2) is 6.58. The molecule has 0 aliphatic carbocycles. The van der Waals surface area contributed by atoms with E-state index < -0.39 is 0 Å². The average molecular weight is 339 g/mol. The van der Waals surface area contributed by atoms with Crippen molar-refractivity contribution in [3.63, 3.8) is 0 Å². The highest BCUT2D eigenvalue weighted by Gasteiger charge is 2.22. The van der Waals surface area contributed by atoms with E-state index in [0.717, 1.165) is 47.4 Å². The number of fused-ring (bicyclic) bond motifs is 1. The summed E-state index contributed by atoms with van der Waals surface area (Å²) in [6.45, 7) is 5.02. The van der Waals surface area contributed by atoms with Gasteiger partial charge in [0.25, 0.3) is 0 Å². The molecule has 4 nitrogen and oxygen atoms in total. The van der Waals surface area contributed by atoms with Crippen molar-refractivity contribution in [2.75, 3.05) is 19.7 Å². The van der Waals surface area contributed by atoms with Gasteiger partial charge < -0.3 is 9.30 Å². The summed E-state index contributed by atoms with van der Waals surface area (Å²) in [5, 5.41) is 0. The van der Waals surface area contributed by atoms with E-state index in [1.54, 1.807) is 12.1 Å². The number of nitrogens with zero attached hydrogens (tertiary/aromatic N) is 3. The molecule has 2 aromatic carbocycles. The van der Waals surface area contributed by atoms with E-state index >= 15 is 0 Å². The second-order valence-electron chi connectivity index (χ2n) is 6.84. The molecule has 2 heterocycles.